The van der Waals surface area contributed by atoms with Crippen molar-refractivity contribution in [2.75, 3.05) is 13.1 Å². The number of benzene rings is 2. The lowest BCUT2D eigenvalue weighted by atomic mass is 10.0. The monoisotopic (exact) mass is 324 g/mol. The van der Waals surface area contributed by atoms with E-state index in [1.54, 1.807) is 0 Å². The van der Waals surface area contributed by atoms with Crippen molar-refractivity contribution in [3.8, 4) is 0 Å². The lowest BCUT2D eigenvalue weighted by Gasteiger charge is -2.25. The average molecular weight is 324 g/mol. The summed E-state index contributed by atoms with van der Waals surface area (Å²) in [6.07, 6.45) is 1.41. The van der Waals surface area contributed by atoms with E-state index in [0.29, 0.717) is 19.5 Å². The van der Waals surface area contributed by atoms with Crippen LogP contribution in [0.1, 0.15) is 25.3 Å². The van der Waals surface area contributed by atoms with Gasteiger partial charge in [0.1, 0.15) is 0 Å². The van der Waals surface area contributed by atoms with Gasteiger partial charge in [0.25, 0.3) is 0 Å². The summed E-state index contributed by atoms with van der Waals surface area (Å²) in [6.45, 7) is 4.13. The van der Waals surface area contributed by atoms with Gasteiger partial charge in [-0.25, -0.2) is 4.99 Å². The summed E-state index contributed by atoms with van der Waals surface area (Å²) in [5.74, 6) is 0.928. The van der Waals surface area contributed by atoms with E-state index in [-0.39, 0.29) is 11.9 Å². The van der Waals surface area contributed by atoms with Crippen LogP contribution in [0.4, 0.5) is 0 Å². The first-order chi connectivity index (χ1) is 11.8. The minimum Gasteiger partial charge on any atom is -0.357 e. The van der Waals surface area contributed by atoms with Gasteiger partial charge in [-0.05, 0) is 29.7 Å². The first kappa shape index (κ1) is 16.3. The van der Waals surface area contributed by atoms with Crippen molar-refractivity contribution in [2.24, 2.45) is 4.99 Å². The molecule has 0 aliphatic carbocycles. The highest BCUT2D eigenvalue weighted by Gasteiger charge is 2.18. The van der Waals surface area contributed by atoms with E-state index in [0.717, 1.165) is 18.9 Å². The average Bonchev–Trinajstić information content (AvgIpc) is 2.62. The smallest absolute Gasteiger partial charge is 0.220 e. The summed E-state index contributed by atoms with van der Waals surface area (Å²) in [5.41, 5.74) is 1.21. The van der Waals surface area contributed by atoms with Crippen LogP contribution in [0.2, 0.25) is 0 Å². The summed E-state index contributed by atoms with van der Waals surface area (Å²) in [7, 11) is 0. The second-order valence-electron chi connectivity index (χ2n) is 6.02. The van der Waals surface area contributed by atoms with Crippen molar-refractivity contribution >= 4 is 22.6 Å². The Morgan fingerprint density at radius 3 is 2.88 bits per heavy atom. The zero-order chi connectivity index (χ0) is 16.8. The number of carbonyl (C=O) groups is 1. The maximum Gasteiger partial charge on any atom is 0.220 e. The van der Waals surface area contributed by atoms with Gasteiger partial charge in [-0.3, -0.25) is 4.79 Å². The van der Waals surface area contributed by atoms with Gasteiger partial charge >= 0.3 is 0 Å². The van der Waals surface area contributed by atoms with Gasteiger partial charge < -0.3 is 16.0 Å². The number of carbonyl (C=O) groups excluding carboxylic acids is 1. The Morgan fingerprint density at radius 2 is 2.08 bits per heavy atom. The van der Waals surface area contributed by atoms with Crippen molar-refractivity contribution in [3.63, 3.8) is 0 Å². The second-order valence-corrected chi connectivity index (χ2v) is 6.02. The number of rotatable bonds is 4. The van der Waals surface area contributed by atoms with Crippen molar-refractivity contribution in [1.29, 1.82) is 0 Å². The lowest BCUT2D eigenvalue weighted by molar-refractivity contribution is -0.122. The number of hydrogen-bond acceptors (Lipinski definition) is 2. The number of nitrogens with zero attached hydrogens (tertiary/aromatic N) is 1. The van der Waals surface area contributed by atoms with E-state index in [2.05, 4.69) is 65.3 Å². The van der Waals surface area contributed by atoms with Gasteiger partial charge in [0.05, 0.1) is 6.54 Å². The minimum atomic E-state index is 0.130. The van der Waals surface area contributed by atoms with E-state index in [1.165, 1.54) is 16.3 Å². The fourth-order valence-corrected chi connectivity index (χ4v) is 2.96. The predicted molar refractivity (Wildman–Crippen MR) is 97.9 cm³/mol. The molecule has 24 heavy (non-hydrogen) atoms. The molecule has 1 fully saturated rings. The van der Waals surface area contributed by atoms with Crippen LogP contribution in [-0.4, -0.2) is 31.0 Å². The zero-order valence-electron chi connectivity index (χ0n) is 14.0. The molecule has 1 aliphatic rings. The first-order valence-corrected chi connectivity index (χ1v) is 8.54. The molecule has 0 saturated carbocycles. The minimum absolute atomic E-state index is 0.130. The van der Waals surface area contributed by atoms with Gasteiger partial charge in [0.15, 0.2) is 5.96 Å². The van der Waals surface area contributed by atoms with Crippen LogP contribution in [0.3, 0.4) is 0 Å². The van der Waals surface area contributed by atoms with Crippen molar-refractivity contribution < 1.29 is 4.79 Å². The Bertz CT molecular complexity index is 726. The largest absolute Gasteiger partial charge is 0.357 e. The Balaban J connectivity index is 1.72. The molecule has 2 aromatic carbocycles. The van der Waals surface area contributed by atoms with Crippen LogP contribution in [-0.2, 0) is 11.3 Å². The van der Waals surface area contributed by atoms with Crippen molar-refractivity contribution in [3.05, 3.63) is 48.0 Å². The highest BCUT2D eigenvalue weighted by molar-refractivity contribution is 5.86. The molecule has 2 aromatic rings. The number of nitrogens with one attached hydrogen (secondary N) is 3. The van der Waals surface area contributed by atoms with Crippen molar-refractivity contribution in [2.45, 2.75) is 32.4 Å². The molecule has 126 valence electrons. The molecule has 1 atom stereocenters. The molecule has 1 saturated heterocycles. The zero-order valence-corrected chi connectivity index (χ0v) is 14.0. The Morgan fingerprint density at radius 1 is 1.25 bits per heavy atom. The molecule has 0 aromatic heterocycles. The number of hydrogen-bond donors (Lipinski definition) is 3. The van der Waals surface area contributed by atoms with Crippen LogP contribution in [0.25, 0.3) is 10.8 Å². The highest BCUT2D eigenvalue weighted by atomic mass is 16.1. The molecule has 5 heteroatoms. The number of fused-ring (bicyclic) bond motifs is 1. The molecule has 0 bridgehead atoms. The first-order valence-electron chi connectivity index (χ1n) is 8.54. The van der Waals surface area contributed by atoms with E-state index >= 15 is 0 Å². The van der Waals surface area contributed by atoms with Gasteiger partial charge in [-0.1, -0.05) is 42.5 Å². The molecule has 3 rings (SSSR count). The van der Waals surface area contributed by atoms with E-state index in [4.69, 9.17) is 4.99 Å². The van der Waals surface area contributed by atoms with Crippen LogP contribution in [0.15, 0.2) is 47.5 Å². The van der Waals surface area contributed by atoms with Crippen LogP contribution in [0.5, 0.6) is 0 Å². The van der Waals surface area contributed by atoms with E-state index < -0.39 is 0 Å². The van der Waals surface area contributed by atoms with Gasteiger partial charge in [0, 0.05) is 25.6 Å². The second kappa shape index (κ2) is 7.81. The maximum atomic E-state index is 11.3. The maximum absolute atomic E-state index is 11.3. The van der Waals surface area contributed by atoms with Crippen molar-refractivity contribution in [1.82, 2.24) is 16.0 Å². The predicted octanol–water partition coefficient (Wildman–Crippen LogP) is 2.17. The molecule has 1 unspecified atom stereocenters. The normalized spacial score (nSPS) is 18.3. The summed E-state index contributed by atoms with van der Waals surface area (Å²) in [6, 6.07) is 14.9. The molecule has 1 aliphatic heterocycles. The third-order valence-electron chi connectivity index (χ3n) is 4.24. The molecule has 1 amide bonds. The summed E-state index contributed by atoms with van der Waals surface area (Å²) in [5, 5.41) is 12.1. The third-order valence-corrected chi connectivity index (χ3v) is 4.24. The fourth-order valence-electron chi connectivity index (χ4n) is 2.96. The standard InChI is InChI=1S/C19H24N4O/c1-2-20-19(23-16-10-11-18(24)21-13-16)22-12-15-8-5-7-14-6-3-4-9-17(14)15/h3-9,16H,2,10-13H2,1H3,(H,21,24)(H2,20,22,23). The van der Waals surface area contributed by atoms with Gasteiger partial charge in [-0.2, -0.15) is 0 Å². The quantitative estimate of drug-likeness (QED) is 0.596. The molecule has 0 radical (unpaired) electrons. The fraction of sp³-hybridized carbons (Fsp3) is 0.368. The molecular weight excluding hydrogens is 300 g/mol. The SMILES string of the molecule is CCNC(=NCc1cccc2ccccc12)NC1CCC(=O)NC1. The van der Waals surface area contributed by atoms with Crippen LogP contribution < -0.4 is 16.0 Å². The highest BCUT2D eigenvalue weighted by Crippen LogP contribution is 2.19. The van der Waals surface area contributed by atoms with E-state index in [9.17, 15) is 4.79 Å². The summed E-state index contributed by atoms with van der Waals surface area (Å²) in [4.78, 5) is 16.0. The number of piperidine rings is 1. The van der Waals surface area contributed by atoms with Gasteiger partial charge in [0.2, 0.25) is 5.91 Å². The lowest BCUT2D eigenvalue weighted by Crippen LogP contribution is -2.51. The molecule has 5 nitrogen and oxygen atoms in total. The molecule has 0 spiro atoms. The van der Waals surface area contributed by atoms with Crippen LogP contribution in [0, 0.1) is 0 Å². The topological polar surface area (TPSA) is 65.5 Å². The molecule has 3 N–H and O–H groups in total. The van der Waals surface area contributed by atoms with E-state index in [1.807, 2.05) is 0 Å². The Labute approximate surface area is 142 Å². The number of guanidine groups is 1. The Hall–Kier alpha value is -2.56. The third kappa shape index (κ3) is 4.04. The molecule has 1 heterocycles. The summed E-state index contributed by atoms with van der Waals surface area (Å²) >= 11 is 0. The van der Waals surface area contributed by atoms with Gasteiger partial charge in [-0.15, -0.1) is 0 Å². The van der Waals surface area contributed by atoms with Crippen LogP contribution >= 0.6 is 0 Å². The summed E-state index contributed by atoms with van der Waals surface area (Å²) < 4.78 is 0. The number of amides is 1. The number of aliphatic imine (C=N–C) groups is 1. The Kier molecular flexibility index (Phi) is 5.31. The molecular formula is C19H24N4O.